The lowest BCUT2D eigenvalue weighted by molar-refractivity contribution is -0.144. The standard InChI is InChI=1S/C13H27NO3/c1-7-10(14)13(4,8-11(15)16-5)9-12(2,3)17-6/h10H,7-9,14H2,1-6H3. The summed E-state index contributed by atoms with van der Waals surface area (Å²) < 4.78 is 10.2. The first-order valence-corrected chi connectivity index (χ1v) is 6.08. The van der Waals surface area contributed by atoms with Gasteiger partial charge in [0.25, 0.3) is 0 Å². The minimum atomic E-state index is -0.304. The van der Waals surface area contributed by atoms with E-state index in [0.29, 0.717) is 6.42 Å². The molecule has 0 saturated heterocycles. The molecule has 0 aliphatic rings. The van der Waals surface area contributed by atoms with Gasteiger partial charge in [0.1, 0.15) is 0 Å². The van der Waals surface area contributed by atoms with Gasteiger partial charge in [-0.3, -0.25) is 4.79 Å². The van der Waals surface area contributed by atoms with Gasteiger partial charge in [0.05, 0.1) is 19.1 Å². The Bertz CT molecular complexity index is 253. The van der Waals surface area contributed by atoms with Crippen molar-refractivity contribution in [2.45, 2.75) is 58.6 Å². The van der Waals surface area contributed by atoms with Gasteiger partial charge in [-0.15, -0.1) is 0 Å². The number of nitrogens with two attached hydrogens (primary N) is 1. The zero-order chi connectivity index (χ0) is 13.7. The number of hydrogen-bond acceptors (Lipinski definition) is 4. The van der Waals surface area contributed by atoms with Gasteiger partial charge in [-0.25, -0.2) is 0 Å². The van der Waals surface area contributed by atoms with Crippen molar-refractivity contribution in [2.75, 3.05) is 14.2 Å². The van der Waals surface area contributed by atoms with E-state index in [1.807, 2.05) is 27.7 Å². The zero-order valence-electron chi connectivity index (χ0n) is 12.0. The monoisotopic (exact) mass is 245 g/mol. The fourth-order valence-corrected chi connectivity index (χ4v) is 2.26. The van der Waals surface area contributed by atoms with Crippen LogP contribution in [0, 0.1) is 5.41 Å². The highest BCUT2D eigenvalue weighted by atomic mass is 16.5. The molecule has 0 radical (unpaired) electrons. The van der Waals surface area contributed by atoms with Crippen molar-refractivity contribution in [3.05, 3.63) is 0 Å². The van der Waals surface area contributed by atoms with Crippen LogP contribution in [-0.4, -0.2) is 31.8 Å². The average molecular weight is 245 g/mol. The van der Waals surface area contributed by atoms with Gasteiger partial charge in [-0.1, -0.05) is 13.8 Å². The number of rotatable bonds is 7. The molecule has 0 aliphatic carbocycles. The number of methoxy groups -OCH3 is 2. The van der Waals surface area contributed by atoms with Gasteiger partial charge < -0.3 is 15.2 Å². The molecule has 2 N–H and O–H groups in total. The van der Waals surface area contributed by atoms with E-state index in [0.717, 1.165) is 12.8 Å². The van der Waals surface area contributed by atoms with Crippen LogP contribution in [0.1, 0.15) is 47.0 Å². The Morgan fingerprint density at radius 1 is 1.29 bits per heavy atom. The highest BCUT2D eigenvalue weighted by Gasteiger charge is 2.38. The van der Waals surface area contributed by atoms with Crippen molar-refractivity contribution >= 4 is 5.97 Å². The Hall–Kier alpha value is -0.610. The largest absolute Gasteiger partial charge is 0.469 e. The third-order valence-corrected chi connectivity index (χ3v) is 3.49. The molecule has 4 heteroatoms. The average Bonchev–Trinajstić information content (AvgIpc) is 2.26. The predicted octanol–water partition coefficient (Wildman–Crippen LogP) is 2.11. The molecule has 2 atom stereocenters. The predicted molar refractivity (Wildman–Crippen MR) is 68.7 cm³/mol. The molecular weight excluding hydrogens is 218 g/mol. The first-order chi connectivity index (χ1) is 7.70. The molecule has 0 aromatic rings. The molecule has 2 unspecified atom stereocenters. The number of hydrogen-bond donors (Lipinski definition) is 1. The molecule has 0 spiro atoms. The summed E-state index contributed by atoms with van der Waals surface area (Å²) in [6.07, 6.45) is 1.87. The maximum absolute atomic E-state index is 11.5. The van der Waals surface area contributed by atoms with Crippen LogP contribution in [0.4, 0.5) is 0 Å². The summed E-state index contributed by atoms with van der Waals surface area (Å²) in [4.78, 5) is 11.5. The second kappa shape index (κ2) is 6.36. The van der Waals surface area contributed by atoms with E-state index in [1.165, 1.54) is 7.11 Å². The van der Waals surface area contributed by atoms with E-state index in [1.54, 1.807) is 7.11 Å². The molecular formula is C13H27NO3. The third-order valence-electron chi connectivity index (χ3n) is 3.49. The SMILES string of the molecule is CCC(N)C(C)(CC(=O)OC)CC(C)(C)OC. The Labute approximate surface area is 105 Å². The molecule has 0 aliphatic heterocycles. The van der Waals surface area contributed by atoms with E-state index in [4.69, 9.17) is 15.2 Å². The summed E-state index contributed by atoms with van der Waals surface area (Å²) in [7, 11) is 3.08. The Morgan fingerprint density at radius 3 is 2.18 bits per heavy atom. The fraction of sp³-hybridized carbons (Fsp3) is 0.923. The van der Waals surface area contributed by atoms with E-state index in [9.17, 15) is 4.79 Å². The summed E-state index contributed by atoms with van der Waals surface area (Å²) in [6.45, 7) is 8.06. The Kier molecular flexibility index (Phi) is 6.13. The van der Waals surface area contributed by atoms with E-state index >= 15 is 0 Å². The van der Waals surface area contributed by atoms with Crippen LogP contribution in [0.5, 0.6) is 0 Å². The summed E-state index contributed by atoms with van der Waals surface area (Å²) in [6, 6.07) is -0.0453. The molecule has 0 rings (SSSR count). The first-order valence-electron chi connectivity index (χ1n) is 6.08. The van der Waals surface area contributed by atoms with Crippen molar-refractivity contribution in [3.8, 4) is 0 Å². The van der Waals surface area contributed by atoms with Crippen LogP contribution >= 0.6 is 0 Å². The van der Waals surface area contributed by atoms with Crippen molar-refractivity contribution in [1.82, 2.24) is 0 Å². The third kappa shape index (κ3) is 5.04. The molecule has 17 heavy (non-hydrogen) atoms. The van der Waals surface area contributed by atoms with E-state index < -0.39 is 0 Å². The zero-order valence-corrected chi connectivity index (χ0v) is 12.0. The second-order valence-corrected chi connectivity index (χ2v) is 5.56. The first kappa shape index (κ1) is 16.4. The van der Waals surface area contributed by atoms with E-state index in [-0.39, 0.29) is 23.0 Å². The highest BCUT2D eigenvalue weighted by Crippen LogP contribution is 2.37. The van der Waals surface area contributed by atoms with Gasteiger partial charge >= 0.3 is 5.97 Å². The van der Waals surface area contributed by atoms with Gasteiger partial charge in [-0.05, 0) is 32.1 Å². The molecule has 102 valence electrons. The van der Waals surface area contributed by atoms with Crippen LogP contribution in [0.15, 0.2) is 0 Å². The van der Waals surface area contributed by atoms with Crippen LogP contribution in [0.25, 0.3) is 0 Å². The molecule has 0 heterocycles. The van der Waals surface area contributed by atoms with Gasteiger partial charge in [0.2, 0.25) is 0 Å². The Balaban J connectivity index is 4.91. The lowest BCUT2D eigenvalue weighted by Gasteiger charge is -2.40. The van der Waals surface area contributed by atoms with Crippen molar-refractivity contribution < 1.29 is 14.3 Å². The van der Waals surface area contributed by atoms with Crippen LogP contribution in [0.3, 0.4) is 0 Å². The van der Waals surface area contributed by atoms with Gasteiger partial charge in [0, 0.05) is 13.2 Å². The van der Waals surface area contributed by atoms with Crippen LogP contribution in [-0.2, 0) is 14.3 Å². The summed E-state index contributed by atoms with van der Waals surface area (Å²) in [5, 5.41) is 0. The van der Waals surface area contributed by atoms with Crippen LogP contribution in [0.2, 0.25) is 0 Å². The van der Waals surface area contributed by atoms with Crippen molar-refractivity contribution in [2.24, 2.45) is 11.1 Å². The lowest BCUT2D eigenvalue weighted by Crippen LogP contribution is -2.45. The van der Waals surface area contributed by atoms with Gasteiger partial charge in [0.15, 0.2) is 0 Å². The summed E-state index contributed by atoms with van der Waals surface area (Å²) in [5.41, 5.74) is 5.55. The number of esters is 1. The molecule has 0 aromatic heterocycles. The van der Waals surface area contributed by atoms with E-state index in [2.05, 4.69) is 0 Å². The highest BCUT2D eigenvalue weighted by molar-refractivity contribution is 5.70. The minimum absolute atomic E-state index is 0.0453. The lowest BCUT2D eigenvalue weighted by atomic mass is 9.71. The smallest absolute Gasteiger partial charge is 0.306 e. The number of ether oxygens (including phenoxy) is 2. The second-order valence-electron chi connectivity index (χ2n) is 5.56. The fourth-order valence-electron chi connectivity index (χ4n) is 2.26. The van der Waals surface area contributed by atoms with Gasteiger partial charge in [-0.2, -0.15) is 0 Å². The Morgan fingerprint density at radius 2 is 1.82 bits per heavy atom. The number of carbonyl (C=O) groups is 1. The molecule has 4 nitrogen and oxygen atoms in total. The van der Waals surface area contributed by atoms with Crippen LogP contribution < -0.4 is 5.73 Å². The maximum Gasteiger partial charge on any atom is 0.306 e. The molecule has 0 aromatic carbocycles. The molecule has 0 bridgehead atoms. The maximum atomic E-state index is 11.5. The number of carbonyl (C=O) groups excluding carboxylic acids is 1. The molecule has 0 saturated carbocycles. The summed E-state index contributed by atoms with van der Waals surface area (Å²) >= 11 is 0. The summed E-state index contributed by atoms with van der Waals surface area (Å²) in [5.74, 6) is -0.219. The molecule has 0 fully saturated rings. The van der Waals surface area contributed by atoms with Crippen molar-refractivity contribution in [1.29, 1.82) is 0 Å². The van der Waals surface area contributed by atoms with Crippen molar-refractivity contribution in [3.63, 3.8) is 0 Å². The molecule has 0 amide bonds. The quantitative estimate of drug-likeness (QED) is 0.698. The minimum Gasteiger partial charge on any atom is -0.469 e. The normalized spacial score (nSPS) is 17.4. The topological polar surface area (TPSA) is 61.6 Å².